The van der Waals surface area contributed by atoms with Crippen molar-refractivity contribution in [1.29, 1.82) is 0 Å². The normalized spacial score (nSPS) is 12.8. The van der Waals surface area contributed by atoms with E-state index in [0.29, 0.717) is 17.7 Å². The van der Waals surface area contributed by atoms with Crippen molar-refractivity contribution >= 4 is 61.9 Å². The third-order valence-corrected chi connectivity index (χ3v) is 8.21. The molecule has 0 spiro atoms. The summed E-state index contributed by atoms with van der Waals surface area (Å²) in [7, 11) is 0.0496. The minimum atomic E-state index is 0.0230. The molecule has 2 unspecified atom stereocenters. The van der Waals surface area contributed by atoms with Crippen molar-refractivity contribution in [2.75, 3.05) is 0 Å². The molecule has 0 bridgehead atoms. The second-order valence-corrected chi connectivity index (χ2v) is 11.0. The zero-order valence-corrected chi connectivity index (χ0v) is 21.9. The van der Waals surface area contributed by atoms with Gasteiger partial charge in [-0.25, -0.2) is 9.97 Å². The highest BCUT2D eigenvalue weighted by atomic mass is 31.1. The smallest absolute Gasteiger partial charge is 0.146 e. The number of carbonyl (C=O) groups is 2. The topological polar surface area (TPSA) is 101 Å². The molecule has 7 rings (SSSR count). The van der Waals surface area contributed by atoms with Crippen molar-refractivity contribution < 1.29 is 14.3 Å². The summed E-state index contributed by atoms with van der Waals surface area (Å²) in [6.45, 7) is 0.491. The van der Waals surface area contributed by atoms with Gasteiger partial charge in [0.05, 0.1) is 23.8 Å². The van der Waals surface area contributed by atoms with Gasteiger partial charge in [0, 0.05) is 44.8 Å². The lowest BCUT2D eigenvalue weighted by Gasteiger charge is -2.24. The first kappa shape index (κ1) is 23.0. The average molecular weight is 534 g/mol. The summed E-state index contributed by atoms with van der Waals surface area (Å²) in [5, 5.41) is 4.43. The minimum Gasteiger partial charge on any atom is -0.488 e. The largest absolute Gasteiger partial charge is 0.488 e. The van der Waals surface area contributed by atoms with Gasteiger partial charge < -0.3 is 14.7 Å². The molecule has 4 aromatic carbocycles. The van der Waals surface area contributed by atoms with E-state index < -0.39 is 0 Å². The highest BCUT2D eigenvalue weighted by Crippen LogP contribution is 2.45. The van der Waals surface area contributed by atoms with E-state index in [4.69, 9.17) is 4.74 Å². The predicted octanol–water partition coefficient (Wildman–Crippen LogP) is 5.32. The first-order chi connectivity index (χ1) is 18.7. The van der Waals surface area contributed by atoms with Gasteiger partial charge in [-0.15, -0.1) is 0 Å². The summed E-state index contributed by atoms with van der Waals surface area (Å²) < 4.78 is 6.39. The highest BCUT2D eigenvalue weighted by Gasteiger charge is 2.22. The molecule has 38 heavy (non-hydrogen) atoms. The van der Waals surface area contributed by atoms with Gasteiger partial charge in [0.2, 0.25) is 0 Å². The fraction of sp³-hybridized carbons (Fsp3) is 0.0345. The van der Waals surface area contributed by atoms with Crippen LogP contribution in [-0.4, -0.2) is 32.0 Å². The Morgan fingerprint density at radius 3 is 1.92 bits per heavy atom. The molecule has 0 radical (unpaired) electrons. The lowest BCUT2D eigenvalue weighted by atomic mass is 9.89. The number of fused-ring (bicyclic) bond motifs is 7. The van der Waals surface area contributed by atoms with Crippen LogP contribution >= 0.6 is 17.2 Å². The monoisotopic (exact) mass is 534 g/mol. The van der Waals surface area contributed by atoms with E-state index in [-0.39, 0.29) is 17.2 Å². The summed E-state index contributed by atoms with van der Waals surface area (Å²) in [4.78, 5) is 36.7. The molecule has 1 aliphatic heterocycles. The van der Waals surface area contributed by atoms with Crippen LogP contribution in [0.25, 0.3) is 55.2 Å². The van der Waals surface area contributed by atoms with Crippen LogP contribution < -0.4 is 15.9 Å². The Bertz CT molecular complexity index is 1760. The van der Waals surface area contributed by atoms with Crippen LogP contribution in [0.1, 0.15) is 5.56 Å². The Morgan fingerprint density at radius 1 is 0.711 bits per heavy atom. The molecule has 184 valence electrons. The first-order valence-electron chi connectivity index (χ1n) is 12.0. The van der Waals surface area contributed by atoms with Gasteiger partial charge in [0.25, 0.3) is 0 Å². The Hall–Kier alpha value is -4.18. The van der Waals surface area contributed by atoms with Crippen molar-refractivity contribution in [1.82, 2.24) is 19.9 Å². The van der Waals surface area contributed by atoms with E-state index in [1.54, 1.807) is 12.4 Å². The van der Waals surface area contributed by atoms with Crippen LogP contribution in [0.5, 0.6) is 5.75 Å². The zero-order valence-electron chi connectivity index (χ0n) is 19.9. The molecule has 2 atom stereocenters. The van der Waals surface area contributed by atoms with Crippen LogP contribution in [0.15, 0.2) is 73.1 Å². The van der Waals surface area contributed by atoms with Crippen molar-refractivity contribution in [3.05, 3.63) is 78.6 Å². The molecule has 1 aliphatic rings. The van der Waals surface area contributed by atoms with Crippen LogP contribution in [0, 0.1) is 0 Å². The maximum Gasteiger partial charge on any atom is 0.146 e. The maximum atomic E-state index is 10.8. The van der Waals surface area contributed by atoms with Crippen molar-refractivity contribution in [3.63, 3.8) is 0 Å². The number of ether oxygens (including phenoxy) is 1. The number of hydrogen-bond donors (Lipinski definition) is 2. The van der Waals surface area contributed by atoms with Gasteiger partial charge in [-0.1, -0.05) is 42.5 Å². The summed E-state index contributed by atoms with van der Waals surface area (Å²) >= 11 is 0. The lowest BCUT2D eigenvalue weighted by molar-refractivity contribution is 0.308. The zero-order chi connectivity index (χ0) is 25.6. The second kappa shape index (κ2) is 9.29. The third-order valence-electron chi connectivity index (χ3n) is 6.92. The Kier molecular flexibility index (Phi) is 5.61. The molecule has 2 aromatic heterocycles. The van der Waals surface area contributed by atoms with Crippen molar-refractivity contribution in [2.24, 2.45) is 0 Å². The molecule has 0 aliphatic carbocycles. The number of rotatable bonds is 6. The van der Waals surface area contributed by atoms with E-state index >= 15 is 0 Å². The van der Waals surface area contributed by atoms with Crippen LogP contribution in [0.3, 0.4) is 0 Å². The molecule has 2 N–H and O–H groups in total. The summed E-state index contributed by atoms with van der Waals surface area (Å²) in [5.41, 5.74) is 8.65. The molecule has 9 heteroatoms. The number of hydrogen-bond acceptors (Lipinski definition) is 5. The number of imidazole rings is 2. The second-order valence-electron chi connectivity index (χ2n) is 9.01. The summed E-state index contributed by atoms with van der Waals surface area (Å²) in [6.07, 6.45) is 3.55. The molecule has 7 nitrogen and oxygen atoms in total. The molecular weight excluding hydrogens is 514 g/mol. The van der Waals surface area contributed by atoms with Gasteiger partial charge in [-0.05, 0) is 39.9 Å². The van der Waals surface area contributed by atoms with Crippen molar-refractivity contribution in [2.45, 2.75) is 6.61 Å². The Morgan fingerprint density at radius 2 is 1.29 bits per heavy atom. The summed E-state index contributed by atoms with van der Waals surface area (Å²) in [6, 6.07) is 23.0. The number of nitrogens with zero attached hydrogens (tertiary/aromatic N) is 2. The fourth-order valence-corrected chi connectivity index (χ4v) is 6.06. The van der Waals surface area contributed by atoms with E-state index in [0.717, 1.165) is 67.4 Å². The van der Waals surface area contributed by atoms with Crippen LogP contribution in [0.4, 0.5) is 0 Å². The number of nitrogens with one attached hydrogen (secondary N) is 2. The minimum absolute atomic E-state index is 0.0230. The average Bonchev–Trinajstić information content (AvgIpc) is 3.62. The number of H-pyrrole nitrogens is 2. The standard InChI is InChI=1S/C29H20N4O3P2/c34-14-37-28-30-11-25(32-28)18-3-5-20-16(9-18)1-7-22-23-8-2-17-10-19(26-12-31-29(33-26)38-15-35)4-6-21(17)27(23)36-13-24(20)22/h1-12,14-15,37-38H,13H2,(H,30,32)(H,31,33). The Labute approximate surface area is 220 Å². The van der Waals surface area contributed by atoms with E-state index in [9.17, 15) is 9.59 Å². The molecule has 6 aromatic rings. The van der Waals surface area contributed by atoms with Gasteiger partial charge >= 0.3 is 0 Å². The molecular formula is C29H20N4O3P2. The quantitative estimate of drug-likeness (QED) is 0.223. The van der Waals surface area contributed by atoms with E-state index in [1.165, 1.54) is 11.1 Å². The fourth-order valence-electron chi connectivity index (χ4n) is 5.14. The van der Waals surface area contributed by atoms with Gasteiger partial charge in [0.1, 0.15) is 35.5 Å². The molecule has 0 saturated heterocycles. The van der Waals surface area contributed by atoms with Gasteiger partial charge in [-0.2, -0.15) is 0 Å². The highest BCUT2D eigenvalue weighted by molar-refractivity contribution is 7.62. The third kappa shape index (κ3) is 3.83. The first-order valence-corrected chi connectivity index (χ1v) is 14.1. The maximum absolute atomic E-state index is 10.8. The summed E-state index contributed by atoms with van der Waals surface area (Å²) in [5.74, 6) is 0.895. The predicted molar refractivity (Wildman–Crippen MR) is 156 cm³/mol. The van der Waals surface area contributed by atoms with Crippen LogP contribution in [-0.2, 0) is 16.2 Å². The van der Waals surface area contributed by atoms with Gasteiger partial charge in [0.15, 0.2) is 0 Å². The lowest BCUT2D eigenvalue weighted by Crippen LogP contribution is -2.06. The van der Waals surface area contributed by atoms with E-state index in [2.05, 4.69) is 80.6 Å². The van der Waals surface area contributed by atoms with E-state index in [1.807, 2.05) is 0 Å². The van der Waals surface area contributed by atoms with Gasteiger partial charge in [-0.3, -0.25) is 9.59 Å². The molecule has 0 amide bonds. The molecule has 0 fully saturated rings. The molecule has 3 heterocycles. The number of aromatic nitrogens is 4. The number of benzene rings is 4. The SMILES string of the molecule is O=CPc1ncc(-c2ccc3c4c(ccc3c2)-c2ccc3cc(-c5cnc(PC=O)[nH]5)ccc3c2OC4)[nH]1. The molecule has 0 saturated carbocycles. The van der Waals surface area contributed by atoms with Crippen molar-refractivity contribution in [3.8, 4) is 39.4 Å². The van der Waals surface area contributed by atoms with Crippen LogP contribution in [0.2, 0.25) is 0 Å². The number of carbonyl (C=O) groups excluding carboxylic acids is 2. The Balaban J connectivity index is 1.27. The number of aromatic amines is 2.